The van der Waals surface area contributed by atoms with E-state index in [0.29, 0.717) is 16.0 Å². The topological polar surface area (TPSA) is 118 Å². The number of carboxylic acid groups (broad SMARTS) is 1. The molecule has 0 saturated carbocycles. The Morgan fingerprint density at radius 3 is 2.59 bits per heavy atom. The van der Waals surface area contributed by atoms with Gasteiger partial charge in [0.05, 0.1) is 12.7 Å². The number of amides is 3. The Balaban J connectivity index is 1.98. The normalized spacial score (nSPS) is 15.0. The van der Waals surface area contributed by atoms with Gasteiger partial charge in [-0.3, -0.25) is 9.59 Å². The Morgan fingerprint density at radius 2 is 1.93 bits per heavy atom. The molecule has 0 radical (unpaired) electrons. The molecule has 2 aromatic rings. The summed E-state index contributed by atoms with van der Waals surface area (Å²) >= 11 is 0. The molecule has 9 heteroatoms. The molecule has 150 valence electrons. The number of imide groups is 1. The molecule has 0 aliphatic carbocycles. The van der Waals surface area contributed by atoms with E-state index in [-0.39, 0.29) is 5.70 Å². The van der Waals surface area contributed by atoms with Crippen molar-refractivity contribution in [2.45, 2.75) is 13.8 Å². The van der Waals surface area contributed by atoms with Crippen LogP contribution in [0.25, 0.3) is 11.8 Å². The predicted molar refractivity (Wildman–Crippen MR) is 102 cm³/mol. The Bertz CT molecular complexity index is 1070. The quantitative estimate of drug-likeness (QED) is 0.452. The van der Waals surface area contributed by atoms with Crippen LogP contribution in [-0.2, 0) is 14.3 Å². The maximum Gasteiger partial charge on any atom is 0.337 e. The number of nitrogens with one attached hydrogen (secondary N) is 1. The van der Waals surface area contributed by atoms with Crippen molar-refractivity contribution in [3.05, 3.63) is 58.5 Å². The number of methoxy groups -OCH3 is 1. The van der Waals surface area contributed by atoms with E-state index < -0.39 is 30.4 Å². The summed E-state index contributed by atoms with van der Waals surface area (Å²) in [6, 6.07) is 7.97. The lowest BCUT2D eigenvalue weighted by Gasteiger charge is -2.11. The molecule has 1 aliphatic rings. The van der Waals surface area contributed by atoms with E-state index >= 15 is 0 Å². The molecule has 1 aromatic carbocycles. The predicted octanol–water partition coefficient (Wildman–Crippen LogP) is 1.86. The van der Waals surface area contributed by atoms with Crippen molar-refractivity contribution in [3.8, 4) is 5.69 Å². The van der Waals surface area contributed by atoms with Gasteiger partial charge in [-0.1, -0.05) is 6.07 Å². The van der Waals surface area contributed by atoms with Crippen LogP contribution < -0.4 is 5.32 Å². The highest BCUT2D eigenvalue weighted by molar-refractivity contribution is 6.15. The van der Waals surface area contributed by atoms with E-state index in [0.717, 1.165) is 17.1 Å². The zero-order chi connectivity index (χ0) is 21.3. The summed E-state index contributed by atoms with van der Waals surface area (Å²) in [7, 11) is 1.31. The number of carbonyl (C=O) groups is 4. The molecule has 0 spiro atoms. The zero-order valence-electron chi connectivity index (χ0n) is 16.1. The lowest BCUT2D eigenvalue weighted by Crippen LogP contribution is -2.35. The summed E-state index contributed by atoms with van der Waals surface area (Å²) in [6.07, 6.45) is 1.51. The molecule has 1 fully saturated rings. The van der Waals surface area contributed by atoms with Crippen LogP contribution in [0.5, 0.6) is 0 Å². The smallest absolute Gasteiger partial charge is 0.337 e. The first-order valence-corrected chi connectivity index (χ1v) is 8.67. The second kappa shape index (κ2) is 7.63. The van der Waals surface area contributed by atoms with Crippen molar-refractivity contribution < 1.29 is 29.0 Å². The largest absolute Gasteiger partial charge is 0.480 e. The highest BCUT2D eigenvalue weighted by Gasteiger charge is 2.35. The Morgan fingerprint density at radius 1 is 1.21 bits per heavy atom. The maximum atomic E-state index is 12.3. The summed E-state index contributed by atoms with van der Waals surface area (Å²) in [5, 5.41) is 11.2. The highest BCUT2D eigenvalue weighted by atomic mass is 16.5. The molecule has 1 saturated heterocycles. The van der Waals surface area contributed by atoms with Gasteiger partial charge in [0.15, 0.2) is 0 Å². The van der Waals surface area contributed by atoms with Gasteiger partial charge in [-0.15, -0.1) is 0 Å². The zero-order valence-corrected chi connectivity index (χ0v) is 16.1. The minimum atomic E-state index is -1.28. The molecule has 0 unspecified atom stereocenters. The highest BCUT2D eigenvalue weighted by Crippen LogP contribution is 2.24. The average Bonchev–Trinajstić information content (AvgIpc) is 3.10. The lowest BCUT2D eigenvalue weighted by molar-refractivity contribution is -0.140. The molecular formula is C20H19N3O6. The molecular weight excluding hydrogens is 378 g/mol. The van der Waals surface area contributed by atoms with E-state index in [1.807, 2.05) is 30.5 Å². The Hall–Kier alpha value is -3.88. The summed E-state index contributed by atoms with van der Waals surface area (Å²) in [5.74, 6) is -2.43. The van der Waals surface area contributed by atoms with Crippen LogP contribution in [0, 0.1) is 13.8 Å². The van der Waals surface area contributed by atoms with E-state index in [1.54, 1.807) is 18.2 Å². The molecule has 3 rings (SSSR count). The first kappa shape index (κ1) is 19.9. The standard InChI is InChI=1S/C20H19N3O6/c1-11-7-14(9-16-18(26)22(10-17(24)25)20(28)21-16)12(2)23(11)15-6-4-5-13(8-15)19(27)29-3/h4-9H,10H2,1-3H3,(H,21,28)(H,24,25)/b16-9+. The second-order valence-corrected chi connectivity index (χ2v) is 6.48. The minimum absolute atomic E-state index is 0.000175. The fraction of sp³-hybridized carbons (Fsp3) is 0.200. The number of aliphatic carboxylic acids is 1. The molecule has 9 nitrogen and oxygen atoms in total. The number of ether oxygens (including phenoxy) is 1. The van der Waals surface area contributed by atoms with Crippen LogP contribution in [0.2, 0.25) is 0 Å². The van der Waals surface area contributed by atoms with Crippen molar-refractivity contribution in [1.82, 2.24) is 14.8 Å². The van der Waals surface area contributed by atoms with Crippen molar-refractivity contribution >= 4 is 30.0 Å². The Kier molecular flexibility index (Phi) is 5.22. The number of esters is 1. The number of aryl methyl sites for hydroxylation is 1. The number of urea groups is 1. The van der Waals surface area contributed by atoms with Crippen molar-refractivity contribution in [2.24, 2.45) is 0 Å². The third-order valence-corrected chi connectivity index (χ3v) is 4.55. The van der Waals surface area contributed by atoms with Crippen molar-refractivity contribution in [3.63, 3.8) is 0 Å². The van der Waals surface area contributed by atoms with Gasteiger partial charge in [-0.05, 0) is 49.8 Å². The van der Waals surface area contributed by atoms with Crippen LogP contribution in [-0.4, -0.2) is 52.1 Å². The van der Waals surface area contributed by atoms with Crippen molar-refractivity contribution in [2.75, 3.05) is 13.7 Å². The fourth-order valence-electron chi connectivity index (χ4n) is 3.23. The van der Waals surface area contributed by atoms with Gasteiger partial charge in [-0.25, -0.2) is 14.5 Å². The summed E-state index contributed by atoms with van der Waals surface area (Å²) in [4.78, 5) is 47.5. The molecule has 2 N–H and O–H groups in total. The second-order valence-electron chi connectivity index (χ2n) is 6.48. The molecule has 29 heavy (non-hydrogen) atoms. The third-order valence-electron chi connectivity index (χ3n) is 4.55. The average molecular weight is 397 g/mol. The monoisotopic (exact) mass is 397 g/mol. The molecule has 1 aromatic heterocycles. The van der Waals surface area contributed by atoms with Crippen molar-refractivity contribution in [1.29, 1.82) is 0 Å². The molecule has 0 bridgehead atoms. The number of nitrogens with zero attached hydrogens (tertiary/aromatic N) is 2. The van der Waals surface area contributed by atoms with Gasteiger partial charge in [-0.2, -0.15) is 0 Å². The number of benzene rings is 1. The number of hydrogen-bond donors (Lipinski definition) is 2. The van der Waals surface area contributed by atoms with Gasteiger partial charge in [0.1, 0.15) is 12.2 Å². The number of hydrogen-bond acceptors (Lipinski definition) is 5. The molecule has 2 heterocycles. The molecule has 0 atom stereocenters. The van der Waals surface area contributed by atoms with E-state index in [1.165, 1.54) is 13.2 Å². The van der Waals surface area contributed by atoms with E-state index in [2.05, 4.69) is 5.32 Å². The molecule has 3 amide bonds. The SMILES string of the molecule is COC(=O)c1cccc(-n2c(C)cc(/C=C3/NC(=O)N(CC(=O)O)C3=O)c2C)c1. The van der Waals surface area contributed by atoms with Gasteiger partial charge in [0, 0.05) is 17.1 Å². The Labute approximate surface area is 166 Å². The number of aromatic nitrogens is 1. The first-order chi connectivity index (χ1) is 13.7. The van der Waals surface area contributed by atoms with Gasteiger partial charge >= 0.3 is 18.0 Å². The number of carbonyl (C=O) groups excluding carboxylic acids is 3. The van der Waals surface area contributed by atoms with Gasteiger partial charge in [0.2, 0.25) is 0 Å². The molecule has 1 aliphatic heterocycles. The first-order valence-electron chi connectivity index (χ1n) is 8.67. The lowest BCUT2D eigenvalue weighted by atomic mass is 10.2. The summed E-state index contributed by atoms with van der Waals surface area (Å²) in [6.45, 7) is 2.99. The van der Waals surface area contributed by atoms with E-state index in [4.69, 9.17) is 9.84 Å². The maximum absolute atomic E-state index is 12.3. The van der Waals surface area contributed by atoms with E-state index in [9.17, 15) is 19.2 Å². The minimum Gasteiger partial charge on any atom is -0.480 e. The third kappa shape index (κ3) is 3.75. The fourth-order valence-corrected chi connectivity index (χ4v) is 3.23. The van der Waals surface area contributed by atoms with Gasteiger partial charge < -0.3 is 19.7 Å². The number of carboxylic acids is 1. The van der Waals surface area contributed by atoms with Crippen LogP contribution >= 0.6 is 0 Å². The summed E-state index contributed by atoms with van der Waals surface area (Å²) in [5.41, 5.74) is 3.43. The van der Waals surface area contributed by atoms with Crippen LogP contribution in [0.4, 0.5) is 4.79 Å². The van der Waals surface area contributed by atoms with Crippen LogP contribution in [0.1, 0.15) is 27.3 Å². The van der Waals surface area contributed by atoms with Crippen LogP contribution in [0.3, 0.4) is 0 Å². The summed E-state index contributed by atoms with van der Waals surface area (Å²) < 4.78 is 6.66. The number of rotatable bonds is 5. The van der Waals surface area contributed by atoms with Crippen LogP contribution in [0.15, 0.2) is 36.0 Å². The van der Waals surface area contributed by atoms with Gasteiger partial charge in [0.25, 0.3) is 5.91 Å².